The molecule has 2 rings (SSSR count). The van der Waals surface area contributed by atoms with Gasteiger partial charge >= 0.3 is 0 Å². The minimum Gasteiger partial charge on any atom is -0.466 e. The van der Waals surface area contributed by atoms with Crippen LogP contribution in [0.15, 0.2) is 10.5 Å². The van der Waals surface area contributed by atoms with Crippen molar-refractivity contribution in [2.45, 2.75) is 58.9 Å². The van der Waals surface area contributed by atoms with Gasteiger partial charge in [0.15, 0.2) is 0 Å². The first kappa shape index (κ1) is 12.7. The molecule has 17 heavy (non-hydrogen) atoms. The molecule has 0 saturated heterocycles. The fraction of sp³-hybridized carbons (Fsp3) is 0.733. The van der Waals surface area contributed by atoms with Crippen molar-refractivity contribution < 1.29 is 4.42 Å². The molecule has 1 aliphatic rings. The van der Waals surface area contributed by atoms with Crippen molar-refractivity contribution >= 4 is 0 Å². The summed E-state index contributed by atoms with van der Waals surface area (Å²) >= 11 is 0. The van der Waals surface area contributed by atoms with Crippen molar-refractivity contribution in [3.8, 4) is 0 Å². The third-order valence-electron chi connectivity index (χ3n) is 3.96. The van der Waals surface area contributed by atoms with Crippen molar-refractivity contribution in [1.82, 2.24) is 5.32 Å². The highest BCUT2D eigenvalue weighted by Crippen LogP contribution is 2.36. The minimum atomic E-state index is 0.498. The normalized spacial score (nSPS) is 19.5. The molecule has 1 aromatic rings. The SMILES string of the molecule is CCNC(c1cc(C)oc1C)C1CCCCC1. The molecule has 1 aliphatic carbocycles. The Labute approximate surface area is 105 Å². The first-order valence-electron chi connectivity index (χ1n) is 7.02. The molecule has 2 heteroatoms. The lowest BCUT2D eigenvalue weighted by atomic mass is 9.81. The predicted molar refractivity (Wildman–Crippen MR) is 71.2 cm³/mol. The van der Waals surface area contributed by atoms with E-state index in [1.165, 1.54) is 37.7 Å². The first-order valence-corrected chi connectivity index (χ1v) is 7.02. The van der Waals surface area contributed by atoms with E-state index in [9.17, 15) is 0 Å². The van der Waals surface area contributed by atoms with Crippen molar-refractivity contribution in [2.24, 2.45) is 5.92 Å². The van der Waals surface area contributed by atoms with Crippen molar-refractivity contribution in [2.75, 3.05) is 6.54 Å². The quantitative estimate of drug-likeness (QED) is 0.849. The van der Waals surface area contributed by atoms with Crippen LogP contribution < -0.4 is 5.32 Å². The fourth-order valence-corrected chi connectivity index (χ4v) is 3.18. The van der Waals surface area contributed by atoms with Crippen LogP contribution in [0.25, 0.3) is 0 Å². The van der Waals surface area contributed by atoms with Crippen molar-refractivity contribution in [1.29, 1.82) is 0 Å². The van der Waals surface area contributed by atoms with Gasteiger partial charge in [-0.15, -0.1) is 0 Å². The summed E-state index contributed by atoms with van der Waals surface area (Å²) in [4.78, 5) is 0. The van der Waals surface area contributed by atoms with Gasteiger partial charge in [0.2, 0.25) is 0 Å². The van der Waals surface area contributed by atoms with Crippen LogP contribution in [0.2, 0.25) is 0 Å². The Kier molecular flexibility index (Phi) is 4.27. The molecule has 1 saturated carbocycles. The van der Waals surface area contributed by atoms with E-state index in [1.807, 2.05) is 6.92 Å². The maximum absolute atomic E-state index is 5.69. The number of hydrogen-bond acceptors (Lipinski definition) is 2. The number of furan rings is 1. The average molecular weight is 235 g/mol. The Balaban J connectivity index is 2.18. The minimum absolute atomic E-state index is 0.498. The van der Waals surface area contributed by atoms with Crippen molar-refractivity contribution in [3.63, 3.8) is 0 Å². The van der Waals surface area contributed by atoms with E-state index in [1.54, 1.807) is 0 Å². The number of rotatable bonds is 4. The van der Waals surface area contributed by atoms with Crippen LogP contribution in [-0.4, -0.2) is 6.54 Å². The summed E-state index contributed by atoms with van der Waals surface area (Å²) < 4.78 is 5.69. The van der Waals surface area contributed by atoms with E-state index in [-0.39, 0.29) is 0 Å². The highest BCUT2D eigenvalue weighted by atomic mass is 16.3. The highest BCUT2D eigenvalue weighted by molar-refractivity contribution is 5.25. The van der Waals surface area contributed by atoms with Gasteiger partial charge in [0, 0.05) is 11.6 Å². The summed E-state index contributed by atoms with van der Waals surface area (Å²) in [5.74, 6) is 2.93. The van der Waals surface area contributed by atoms with Crippen molar-refractivity contribution in [3.05, 3.63) is 23.2 Å². The van der Waals surface area contributed by atoms with Crippen LogP contribution in [0.4, 0.5) is 0 Å². The van der Waals surface area contributed by atoms with Gasteiger partial charge < -0.3 is 9.73 Å². The Morgan fingerprint density at radius 3 is 2.53 bits per heavy atom. The van der Waals surface area contributed by atoms with E-state index in [0.29, 0.717) is 6.04 Å². The summed E-state index contributed by atoms with van der Waals surface area (Å²) in [6, 6.07) is 2.72. The Bertz CT molecular complexity index is 350. The van der Waals surface area contributed by atoms with Gasteiger partial charge in [-0.3, -0.25) is 0 Å². The van der Waals surface area contributed by atoms with Gasteiger partial charge in [0.05, 0.1) is 0 Å². The average Bonchev–Trinajstić information content (AvgIpc) is 2.66. The molecule has 1 N–H and O–H groups in total. The highest BCUT2D eigenvalue weighted by Gasteiger charge is 2.26. The van der Waals surface area contributed by atoms with Crippen LogP contribution in [0.5, 0.6) is 0 Å². The second-order valence-electron chi connectivity index (χ2n) is 5.30. The third kappa shape index (κ3) is 2.92. The lowest BCUT2D eigenvalue weighted by molar-refractivity contribution is 0.272. The summed E-state index contributed by atoms with van der Waals surface area (Å²) in [5.41, 5.74) is 1.39. The van der Waals surface area contributed by atoms with Crippen LogP contribution in [0.3, 0.4) is 0 Å². The Morgan fingerprint density at radius 2 is 2.00 bits per heavy atom. The van der Waals surface area contributed by atoms with Crippen LogP contribution in [0.1, 0.15) is 62.2 Å². The number of nitrogens with one attached hydrogen (secondary N) is 1. The lowest BCUT2D eigenvalue weighted by Crippen LogP contribution is -2.29. The van der Waals surface area contributed by atoms with E-state index in [0.717, 1.165) is 24.0 Å². The van der Waals surface area contributed by atoms with Crippen LogP contribution in [-0.2, 0) is 0 Å². The molecule has 1 atom stereocenters. The topological polar surface area (TPSA) is 25.2 Å². The lowest BCUT2D eigenvalue weighted by Gasteiger charge is -2.30. The zero-order chi connectivity index (χ0) is 12.3. The molecule has 2 nitrogen and oxygen atoms in total. The largest absolute Gasteiger partial charge is 0.466 e. The van der Waals surface area contributed by atoms with Gasteiger partial charge in [0.25, 0.3) is 0 Å². The molecule has 0 aliphatic heterocycles. The summed E-state index contributed by atoms with van der Waals surface area (Å²) in [5, 5.41) is 3.66. The molecule has 1 heterocycles. The molecule has 0 radical (unpaired) electrons. The van der Waals surface area contributed by atoms with Gasteiger partial charge in [-0.1, -0.05) is 26.2 Å². The van der Waals surface area contributed by atoms with E-state index < -0.39 is 0 Å². The van der Waals surface area contributed by atoms with E-state index in [2.05, 4.69) is 25.2 Å². The van der Waals surface area contributed by atoms with Crippen LogP contribution in [0, 0.1) is 19.8 Å². The second kappa shape index (κ2) is 5.72. The Morgan fingerprint density at radius 1 is 1.29 bits per heavy atom. The van der Waals surface area contributed by atoms with Gasteiger partial charge in [0.1, 0.15) is 11.5 Å². The second-order valence-corrected chi connectivity index (χ2v) is 5.30. The molecule has 0 aromatic carbocycles. The smallest absolute Gasteiger partial charge is 0.105 e. The molecule has 96 valence electrons. The number of hydrogen-bond donors (Lipinski definition) is 1. The molecule has 0 amide bonds. The van der Waals surface area contributed by atoms with E-state index in [4.69, 9.17) is 4.42 Å². The van der Waals surface area contributed by atoms with Crippen LogP contribution >= 0.6 is 0 Å². The summed E-state index contributed by atoms with van der Waals surface area (Å²) in [6.45, 7) is 7.36. The van der Waals surface area contributed by atoms with Gasteiger partial charge in [-0.05, 0) is 45.2 Å². The molecular formula is C15H25NO. The molecule has 1 unspecified atom stereocenters. The summed E-state index contributed by atoms with van der Waals surface area (Å²) in [7, 11) is 0. The molecule has 0 bridgehead atoms. The van der Waals surface area contributed by atoms with Gasteiger partial charge in [-0.2, -0.15) is 0 Å². The third-order valence-corrected chi connectivity index (χ3v) is 3.96. The van der Waals surface area contributed by atoms with E-state index >= 15 is 0 Å². The fourth-order valence-electron chi connectivity index (χ4n) is 3.18. The maximum atomic E-state index is 5.69. The number of aryl methyl sites for hydroxylation is 2. The first-order chi connectivity index (χ1) is 8.22. The van der Waals surface area contributed by atoms with Gasteiger partial charge in [-0.25, -0.2) is 0 Å². The monoisotopic (exact) mass is 235 g/mol. The molecular weight excluding hydrogens is 210 g/mol. The zero-order valence-corrected chi connectivity index (χ0v) is 11.4. The standard InChI is InChI=1S/C15H25NO/c1-4-16-15(13-8-6-5-7-9-13)14-10-11(2)17-12(14)3/h10,13,15-16H,4-9H2,1-3H3. The molecule has 0 spiro atoms. The predicted octanol–water partition coefficient (Wildman–Crippen LogP) is 4.13. The molecule has 1 fully saturated rings. The zero-order valence-electron chi connectivity index (χ0n) is 11.4. The maximum Gasteiger partial charge on any atom is 0.105 e. The summed E-state index contributed by atoms with van der Waals surface area (Å²) in [6.07, 6.45) is 6.92. The Hall–Kier alpha value is -0.760. The molecule has 1 aromatic heterocycles.